The second-order valence-electron chi connectivity index (χ2n) is 6.31. The smallest absolute Gasteiger partial charge is 0.307 e. The van der Waals surface area contributed by atoms with Crippen molar-refractivity contribution in [2.75, 3.05) is 6.54 Å². The lowest BCUT2D eigenvalue weighted by Gasteiger charge is -2.24. The number of rotatable bonds is 5. The van der Waals surface area contributed by atoms with Gasteiger partial charge in [0.2, 0.25) is 5.91 Å². The molecule has 126 valence electrons. The average molecular weight is 326 g/mol. The molecule has 0 saturated carbocycles. The van der Waals surface area contributed by atoms with Gasteiger partial charge in [0.15, 0.2) is 0 Å². The fourth-order valence-corrected chi connectivity index (χ4v) is 3.48. The van der Waals surface area contributed by atoms with Crippen molar-refractivity contribution in [2.24, 2.45) is 11.8 Å². The molecule has 0 unspecified atom stereocenters. The standard InChI is InChI=1S/C19H22N2O3/c1-12-13(14-6-4-5-9-17(14)21-12)10-11-20-18(22)15-7-2-3-8-16(15)19(23)24/h2-6,9,15-16,21H,7-8,10-11H2,1H3,(H,20,22)(H,23,24)/t15-,16+/m1/s1. The Morgan fingerprint density at radius 3 is 2.67 bits per heavy atom. The number of carbonyl (C=O) groups is 2. The van der Waals surface area contributed by atoms with E-state index in [0.29, 0.717) is 19.4 Å². The molecule has 1 aromatic heterocycles. The fourth-order valence-electron chi connectivity index (χ4n) is 3.48. The minimum absolute atomic E-state index is 0.163. The van der Waals surface area contributed by atoms with Crippen LogP contribution in [0.3, 0.4) is 0 Å². The Bertz CT molecular complexity index is 791. The summed E-state index contributed by atoms with van der Waals surface area (Å²) >= 11 is 0. The molecule has 1 heterocycles. The highest BCUT2D eigenvalue weighted by molar-refractivity contribution is 5.86. The number of carboxylic acids is 1. The minimum Gasteiger partial charge on any atom is -0.481 e. The van der Waals surface area contributed by atoms with E-state index >= 15 is 0 Å². The first kappa shape index (κ1) is 16.3. The van der Waals surface area contributed by atoms with Crippen molar-refractivity contribution in [1.82, 2.24) is 10.3 Å². The predicted molar refractivity (Wildman–Crippen MR) is 92.7 cm³/mol. The third kappa shape index (κ3) is 3.20. The summed E-state index contributed by atoms with van der Waals surface area (Å²) in [5.74, 6) is -2.15. The number of fused-ring (bicyclic) bond motifs is 1. The summed E-state index contributed by atoms with van der Waals surface area (Å²) in [6, 6.07) is 8.11. The van der Waals surface area contributed by atoms with E-state index < -0.39 is 17.8 Å². The van der Waals surface area contributed by atoms with Crippen LogP contribution in [0.15, 0.2) is 36.4 Å². The van der Waals surface area contributed by atoms with E-state index in [1.54, 1.807) is 0 Å². The summed E-state index contributed by atoms with van der Waals surface area (Å²) < 4.78 is 0. The summed E-state index contributed by atoms with van der Waals surface area (Å²) in [6.07, 6.45) is 5.39. The number of aliphatic carboxylic acids is 1. The fraction of sp³-hybridized carbons (Fsp3) is 0.368. The van der Waals surface area contributed by atoms with Crippen LogP contribution in [0.4, 0.5) is 0 Å². The van der Waals surface area contributed by atoms with E-state index in [9.17, 15) is 14.7 Å². The SMILES string of the molecule is Cc1[nH]c2ccccc2c1CCNC(=O)[C@@H]1CC=CC[C@@H]1C(=O)O. The summed E-state index contributed by atoms with van der Waals surface area (Å²) in [4.78, 5) is 27.0. The maximum Gasteiger partial charge on any atom is 0.307 e. The minimum atomic E-state index is -0.896. The molecule has 1 aliphatic rings. The molecule has 0 spiro atoms. The van der Waals surface area contributed by atoms with E-state index in [4.69, 9.17) is 0 Å². The molecule has 0 radical (unpaired) electrons. The Labute approximate surface area is 140 Å². The van der Waals surface area contributed by atoms with Gasteiger partial charge in [0.05, 0.1) is 11.8 Å². The van der Waals surface area contributed by atoms with Crippen molar-refractivity contribution in [2.45, 2.75) is 26.2 Å². The summed E-state index contributed by atoms with van der Waals surface area (Å²) in [6.45, 7) is 2.54. The zero-order valence-corrected chi connectivity index (χ0v) is 13.7. The molecule has 0 bridgehead atoms. The number of hydrogen-bond acceptors (Lipinski definition) is 2. The number of aromatic nitrogens is 1. The molecular weight excluding hydrogens is 304 g/mol. The van der Waals surface area contributed by atoms with Gasteiger partial charge in [-0.2, -0.15) is 0 Å². The van der Waals surface area contributed by atoms with Gasteiger partial charge in [-0.3, -0.25) is 9.59 Å². The molecule has 0 saturated heterocycles. The number of carbonyl (C=O) groups excluding carboxylic acids is 1. The van der Waals surface area contributed by atoms with Crippen LogP contribution in [0.2, 0.25) is 0 Å². The monoisotopic (exact) mass is 326 g/mol. The van der Waals surface area contributed by atoms with Gasteiger partial charge in [0.1, 0.15) is 0 Å². The third-order valence-corrected chi connectivity index (χ3v) is 4.79. The first-order chi connectivity index (χ1) is 11.6. The molecule has 2 aromatic rings. The molecule has 5 nitrogen and oxygen atoms in total. The Kier molecular flexibility index (Phi) is 4.69. The van der Waals surface area contributed by atoms with Gasteiger partial charge in [0.25, 0.3) is 0 Å². The quantitative estimate of drug-likeness (QED) is 0.739. The zero-order valence-electron chi connectivity index (χ0n) is 13.7. The number of hydrogen-bond donors (Lipinski definition) is 3. The van der Waals surface area contributed by atoms with Crippen LogP contribution in [0, 0.1) is 18.8 Å². The lowest BCUT2D eigenvalue weighted by Crippen LogP contribution is -2.39. The molecule has 1 aromatic carbocycles. The number of benzene rings is 1. The van der Waals surface area contributed by atoms with Crippen molar-refractivity contribution in [3.63, 3.8) is 0 Å². The number of H-pyrrole nitrogens is 1. The van der Waals surface area contributed by atoms with Gasteiger partial charge < -0.3 is 15.4 Å². The number of aromatic amines is 1. The first-order valence-corrected chi connectivity index (χ1v) is 8.29. The number of allylic oxidation sites excluding steroid dienone is 2. The lowest BCUT2D eigenvalue weighted by molar-refractivity contribution is -0.147. The van der Waals surface area contributed by atoms with E-state index in [0.717, 1.165) is 17.6 Å². The van der Waals surface area contributed by atoms with Crippen molar-refractivity contribution < 1.29 is 14.7 Å². The first-order valence-electron chi connectivity index (χ1n) is 8.29. The molecule has 1 amide bonds. The largest absolute Gasteiger partial charge is 0.481 e. The van der Waals surface area contributed by atoms with Crippen LogP contribution in [0.5, 0.6) is 0 Å². The van der Waals surface area contributed by atoms with E-state index in [-0.39, 0.29) is 5.91 Å². The average Bonchev–Trinajstić information content (AvgIpc) is 2.90. The highest BCUT2D eigenvalue weighted by Crippen LogP contribution is 2.26. The lowest BCUT2D eigenvalue weighted by atomic mass is 9.82. The Morgan fingerprint density at radius 2 is 1.92 bits per heavy atom. The van der Waals surface area contributed by atoms with Crippen molar-refractivity contribution in [3.8, 4) is 0 Å². The Morgan fingerprint density at radius 1 is 1.21 bits per heavy atom. The Hall–Kier alpha value is -2.56. The van der Waals surface area contributed by atoms with Crippen LogP contribution in [-0.2, 0) is 16.0 Å². The van der Waals surface area contributed by atoms with Crippen LogP contribution in [0.25, 0.3) is 10.9 Å². The van der Waals surface area contributed by atoms with Gasteiger partial charge in [-0.15, -0.1) is 0 Å². The molecule has 5 heteroatoms. The topological polar surface area (TPSA) is 82.2 Å². The summed E-state index contributed by atoms with van der Waals surface area (Å²) in [5.41, 5.74) is 3.40. The highest BCUT2D eigenvalue weighted by Gasteiger charge is 2.33. The van der Waals surface area contributed by atoms with E-state index in [1.165, 1.54) is 10.9 Å². The summed E-state index contributed by atoms with van der Waals surface area (Å²) in [5, 5.41) is 13.4. The molecule has 3 rings (SSSR count). The zero-order chi connectivity index (χ0) is 17.1. The van der Waals surface area contributed by atoms with E-state index in [1.807, 2.05) is 37.3 Å². The molecule has 2 atom stereocenters. The van der Waals surface area contributed by atoms with Crippen LogP contribution < -0.4 is 5.32 Å². The van der Waals surface area contributed by atoms with Crippen molar-refractivity contribution >= 4 is 22.8 Å². The van der Waals surface area contributed by atoms with Gasteiger partial charge in [-0.05, 0) is 37.8 Å². The molecule has 3 N–H and O–H groups in total. The molecule has 0 aliphatic heterocycles. The number of amides is 1. The van der Waals surface area contributed by atoms with Gasteiger partial charge in [-0.25, -0.2) is 0 Å². The third-order valence-electron chi connectivity index (χ3n) is 4.79. The second kappa shape index (κ2) is 6.91. The Balaban J connectivity index is 1.63. The normalized spacial score (nSPS) is 20.2. The van der Waals surface area contributed by atoms with Gasteiger partial charge in [-0.1, -0.05) is 30.4 Å². The molecule has 1 aliphatic carbocycles. The van der Waals surface area contributed by atoms with Crippen LogP contribution in [0.1, 0.15) is 24.1 Å². The molecule has 0 fully saturated rings. The maximum atomic E-state index is 12.4. The highest BCUT2D eigenvalue weighted by atomic mass is 16.4. The van der Waals surface area contributed by atoms with Gasteiger partial charge >= 0.3 is 5.97 Å². The van der Waals surface area contributed by atoms with Crippen molar-refractivity contribution in [1.29, 1.82) is 0 Å². The number of carboxylic acid groups (broad SMARTS) is 1. The number of aryl methyl sites for hydroxylation is 1. The van der Waals surface area contributed by atoms with Crippen molar-refractivity contribution in [3.05, 3.63) is 47.7 Å². The second-order valence-corrected chi connectivity index (χ2v) is 6.31. The molecular formula is C19H22N2O3. The number of para-hydroxylation sites is 1. The van der Waals surface area contributed by atoms with E-state index in [2.05, 4.69) is 16.4 Å². The number of nitrogens with one attached hydrogen (secondary N) is 2. The summed E-state index contributed by atoms with van der Waals surface area (Å²) in [7, 11) is 0. The molecule has 24 heavy (non-hydrogen) atoms. The van der Waals surface area contributed by atoms with Crippen LogP contribution >= 0.6 is 0 Å². The predicted octanol–water partition coefficient (Wildman–Crippen LogP) is 2.80. The van der Waals surface area contributed by atoms with Crippen LogP contribution in [-0.4, -0.2) is 28.5 Å². The van der Waals surface area contributed by atoms with Gasteiger partial charge in [0, 0.05) is 23.1 Å². The maximum absolute atomic E-state index is 12.4.